The Kier molecular flexibility index (Phi) is 6.28. The van der Waals surface area contributed by atoms with Gasteiger partial charge in [-0.15, -0.1) is 0 Å². The molecule has 0 unspecified atom stereocenters. The average Bonchev–Trinajstić information content (AvgIpc) is 3.07. The van der Waals surface area contributed by atoms with E-state index in [0.29, 0.717) is 12.5 Å². The number of para-hydroxylation sites is 2. The van der Waals surface area contributed by atoms with E-state index in [0.717, 1.165) is 11.4 Å². The molecule has 6 heteroatoms. The number of nitrogens with one attached hydrogen (secondary N) is 2. The summed E-state index contributed by atoms with van der Waals surface area (Å²) in [4.78, 5) is 25.4. The quantitative estimate of drug-likeness (QED) is 0.700. The number of anilines is 2. The Morgan fingerprint density at radius 1 is 1.24 bits per heavy atom. The van der Waals surface area contributed by atoms with Crippen LogP contribution in [0.4, 0.5) is 16.2 Å². The van der Waals surface area contributed by atoms with Crippen molar-refractivity contribution < 1.29 is 14.7 Å². The van der Waals surface area contributed by atoms with Crippen molar-refractivity contribution in [3.8, 4) is 0 Å². The van der Waals surface area contributed by atoms with Gasteiger partial charge in [-0.1, -0.05) is 25.0 Å². The van der Waals surface area contributed by atoms with Crippen LogP contribution in [-0.4, -0.2) is 35.7 Å². The third kappa shape index (κ3) is 5.66. The van der Waals surface area contributed by atoms with Gasteiger partial charge in [-0.05, 0) is 45.2 Å². The maximum Gasteiger partial charge on any atom is 0.319 e. The molecule has 0 saturated heterocycles. The number of hydrogen-bond acceptors (Lipinski definition) is 3. The van der Waals surface area contributed by atoms with Gasteiger partial charge in [0.1, 0.15) is 0 Å². The molecule has 1 aromatic rings. The van der Waals surface area contributed by atoms with Gasteiger partial charge >= 0.3 is 12.0 Å². The number of carboxylic acids is 1. The summed E-state index contributed by atoms with van der Waals surface area (Å²) in [6.07, 6.45) is 5.26. The van der Waals surface area contributed by atoms with Crippen LogP contribution < -0.4 is 15.5 Å². The maximum absolute atomic E-state index is 12.4. The number of hydrogen-bond donors (Lipinski definition) is 3. The van der Waals surface area contributed by atoms with Gasteiger partial charge in [-0.3, -0.25) is 4.79 Å². The average molecular weight is 347 g/mol. The van der Waals surface area contributed by atoms with Crippen LogP contribution in [0.2, 0.25) is 0 Å². The molecule has 1 saturated carbocycles. The van der Waals surface area contributed by atoms with Crippen LogP contribution in [0.25, 0.3) is 0 Å². The van der Waals surface area contributed by atoms with Crippen molar-refractivity contribution in [1.82, 2.24) is 5.32 Å². The number of rotatable bonds is 7. The molecule has 1 aromatic carbocycles. The van der Waals surface area contributed by atoms with Crippen molar-refractivity contribution in [3.63, 3.8) is 0 Å². The van der Waals surface area contributed by atoms with Crippen molar-refractivity contribution in [3.05, 3.63) is 24.3 Å². The van der Waals surface area contributed by atoms with Crippen molar-refractivity contribution in [1.29, 1.82) is 0 Å². The van der Waals surface area contributed by atoms with Crippen LogP contribution in [0.5, 0.6) is 0 Å². The summed E-state index contributed by atoms with van der Waals surface area (Å²) in [5, 5.41) is 14.6. The lowest BCUT2D eigenvalue weighted by Crippen LogP contribution is -2.46. The molecule has 0 spiro atoms. The van der Waals surface area contributed by atoms with E-state index in [-0.39, 0.29) is 12.5 Å². The zero-order valence-corrected chi connectivity index (χ0v) is 15.3. The normalized spacial score (nSPS) is 15.0. The Labute approximate surface area is 149 Å². The minimum atomic E-state index is -0.862. The highest BCUT2D eigenvalue weighted by Gasteiger charge is 2.24. The second-order valence-corrected chi connectivity index (χ2v) is 7.42. The first-order chi connectivity index (χ1) is 11.8. The van der Waals surface area contributed by atoms with E-state index in [1.807, 2.05) is 38.1 Å². The first-order valence-corrected chi connectivity index (χ1v) is 8.91. The van der Waals surface area contributed by atoms with Crippen LogP contribution in [0.1, 0.15) is 52.4 Å². The molecule has 0 aromatic heterocycles. The zero-order chi connectivity index (χ0) is 18.4. The minimum absolute atomic E-state index is 0.0221. The minimum Gasteiger partial charge on any atom is -0.481 e. The fraction of sp³-hybridized carbons (Fsp3) is 0.579. The first-order valence-electron chi connectivity index (χ1n) is 8.91. The molecular formula is C19H29N3O3. The Balaban J connectivity index is 2.02. The second-order valence-electron chi connectivity index (χ2n) is 7.42. The van der Waals surface area contributed by atoms with Gasteiger partial charge in [0.15, 0.2) is 0 Å². The summed E-state index contributed by atoms with van der Waals surface area (Å²) in [5.41, 5.74) is 1.19. The molecule has 6 nitrogen and oxygen atoms in total. The zero-order valence-electron chi connectivity index (χ0n) is 15.3. The van der Waals surface area contributed by atoms with E-state index in [2.05, 4.69) is 22.6 Å². The third-order valence-corrected chi connectivity index (χ3v) is 4.82. The highest BCUT2D eigenvalue weighted by molar-refractivity contribution is 5.93. The summed E-state index contributed by atoms with van der Waals surface area (Å²) >= 11 is 0. The fourth-order valence-electron chi connectivity index (χ4n) is 3.32. The predicted molar refractivity (Wildman–Crippen MR) is 100 cm³/mol. The SMILES string of the molecule is CN(c1ccccc1NC(=O)NC(C)(C)CCC(=O)O)C1CCCC1. The molecule has 0 heterocycles. The molecular weight excluding hydrogens is 318 g/mol. The van der Waals surface area contributed by atoms with Gasteiger partial charge in [0, 0.05) is 25.0 Å². The number of carbonyl (C=O) groups is 2. The monoisotopic (exact) mass is 347 g/mol. The lowest BCUT2D eigenvalue weighted by molar-refractivity contribution is -0.137. The fourth-order valence-corrected chi connectivity index (χ4v) is 3.32. The molecule has 1 aliphatic rings. The molecule has 1 aliphatic carbocycles. The molecule has 0 radical (unpaired) electrons. The van der Waals surface area contributed by atoms with Crippen molar-refractivity contribution in [2.24, 2.45) is 0 Å². The van der Waals surface area contributed by atoms with Gasteiger partial charge in [0.05, 0.1) is 11.4 Å². The van der Waals surface area contributed by atoms with Crippen molar-refractivity contribution >= 4 is 23.4 Å². The number of aliphatic carboxylic acids is 1. The summed E-state index contributed by atoms with van der Waals surface area (Å²) in [5.74, 6) is -0.862. The number of carbonyl (C=O) groups excluding carboxylic acids is 1. The lowest BCUT2D eigenvalue weighted by atomic mass is 9.99. The van der Waals surface area contributed by atoms with Crippen molar-refractivity contribution in [2.75, 3.05) is 17.3 Å². The van der Waals surface area contributed by atoms with Crippen LogP contribution >= 0.6 is 0 Å². The molecule has 138 valence electrons. The van der Waals surface area contributed by atoms with Crippen LogP contribution in [0.15, 0.2) is 24.3 Å². The Bertz CT molecular complexity index is 610. The first kappa shape index (κ1) is 19.1. The van der Waals surface area contributed by atoms with E-state index >= 15 is 0 Å². The van der Waals surface area contributed by atoms with Gasteiger partial charge in [0.25, 0.3) is 0 Å². The summed E-state index contributed by atoms with van der Waals surface area (Å²) in [6, 6.07) is 7.98. The van der Waals surface area contributed by atoms with E-state index in [1.54, 1.807) is 0 Å². The van der Waals surface area contributed by atoms with Gasteiger partial charge in [-0.2, -0.15) is 0 Å². The van der Waals surface area contributed by atoms with E-state index in [1.165, 1.54) is 25.7 Å². The molecule has 2 amide bonds. The van der Waals surface area contributed by atoms with E-state index in [4.69, 9.17) is 5.11 Å². The molecule has 0 aliphatic heterocycles. The number of urea groups is 1. The van der Waals surface area contributed by atoms with Gasteiger partial charge < -0.3 is 20.6 Å². The predicted octanol–water partition coefficient (Wildman–Crippen LogP) is 3.83. The van der Waals surface area contributed by atoms with E-state index < -0.39 is 11.5 Å². The van der Waals surface area contributed by atoms with Crippen LogP contribution in [-0.2, 0) is 4.79 Å². The number of amides is 2. The van der Waals surface area contributed by atoms with Gasteiger partial charge in [0.2, 0.25) is 0 Å². The standard InChI is InChI=1S/C19H29N3O3/c1-19(2,13-12-17(23)24)21-18(25)20-15-10-6-7-11-16(15)22(3)14-8-4-5-9-14/h6-7,10-11,14H,4-5,8-9,12-13H2,1-3H3,(H,23,24)(H2,20,21,25). The van der Waals surface area contributed by atoms with Crippen molar-refractivity contribution in [2.45, 2.75) is 64.0 Å². The molecule has 1 fully saturated rings. The highest BCUT2D eigenvalue weighted by Crippen LogP contribution is 2.31. The Hall–Kier alpha value is -2.24. The Morgan fingerprint density at radius 3 is 2.52 bits per heavy atom. The molecule has 0 atom stereocenters. The summed E-state index contributed by atoms with van der Waals surface area (Å²) < 4.78 is 0. The van der Waals surface area contributed by atoms with Crippen LogP contribution in [0, 0.1) is 0 Å². The molecule has 0 bridgehead atoms. The second kappa shape index (κ2) is 8.23. The molecule has 2 rings (SSSR count). The number of benzene rings is 1. The number of nitrogens with zero attached hydrogens (tertiary/aromatic N) is 1. The number of carboxylic acid groups (broad SMARTS) is 1. The maximum atomic E-state index is 12.4. The smallest absolute Gasteiger partial charge is 0.319 e. The largest absolute Gasteiger partial charge is 0.481 e. The van der Waals surface area contributed by atoms with Gasteiger partial charge in [-0.25, -0.2) is 4.79 Å². The Morgan fingerprint density at radius 2 is 1.88 bits per heavy atom. The van der Waals surface area contributed by atoms with Crippen LogP contribution in [0.3, 0.4) is 0 Å². The third-order valence-electron chi connectivity index (χ3n) is 4.82. The summed E-state index contributed by atoms with van der Waals surface area (Å²) in [7, 11) is 2.07. The molecule has 25 heavy (non-hydrogen) atoms. The summed E-state index contributed by atoms with van der Waals surface area (Å²) in [6.45, 7) is 3.65. The lowest BCUT2D eigenvalue weighted by Gasteiger charge is -2.30. The molecule has 3 N–H and O–H groups in total. The highest BCUT2D eigenvalue weighted by atomic mass is 16.4. The van der Waals surface area contributed by atoms with E-state index in [9.17, 15) is 9.59 Å². The topological polar surface area (TPSA) is 81.7 Å².